The van der Waals surface area contributed by atoms with Crippen molar-refractivity contribution in [3.63, 3.8) is 0 Å². The van der Waals surface area contributed by atoms with Gasteiger partial charge in [0.2, 0.25) is 0 Å². The van der Waals surface area contributed by atoms with Gasteiger partial charge >= 0.3 is 4.87 Å². The Kier molecular flexibility index (Phi) is 2.77. The van der Waals surface area contributed by atoms with Crippen LogP contribution in [0, 0.1) is 5.41 Å². The fourth-order valence-electron chi connectivity index (χ4n) is 3.81. The summed E-state index contributed by atoms with van der Waals surface area (Å²) in [5.41, 5.74) is 1.26. The second-order valence-corrected chi connectivity index (χ2v) is 8.57. The van der Waals surface area contributed by atoms with E-state index in [1.807, 2.05) is 0 Å². The molecular formula is C18H15NO2S2. The van der Waals surface area contributed by atoms with E-state index in [2.05, 4.69) is 48.3 Å². The quantitative estimate of drug-likeness (QED) is 0.665. The number of aromatic nitrogens is 1. The lowest BCUT2D eigenvalue weighted by molar-refractivity contribution is 0.138. The van der Waals surface area contributed by atoms with Crippen LogP contribution in [0.5, 0.6) is 5.75 Å². The molecule has 3 aromatic rings. The summed E-state index contributed by atoms with van der Waals surface area (Å²) in [6.45, 7) is 2.98. The highest BCUT2D eigenvalue weighted by molar-refractivity contribution is 7.99. The normalized spacial score (nSPS) is 25.3. The fraction of sp³-hybridized carbons (Fsp3) is 0.278. The molecule has 0 unspecified atom stereocenters. The number of thiazole rings is 1. The van der Waals surface area contributed by atoms with Crippen LogP contribution in [-0.4, -0.2) is 17.3 Å². The fourth-order valence-corrected chi connectivity index (χ4v) is 6.34. The van der Waals surface area contributed by atoms with E-state index in [9.17, 15) is 4.79 Å². The van der Waals surface area contributed by atoms with Crippen molar-refractivity contribution in [1.29, 1.82) is 0 Å². The summed E-state index contributed by atoms with van der Waals surface area (Å²) in [4.78, 5) is 16.2. The van der Waals surface area contributed by atoms with E-state index in [1.165, 1.54) is 32.5 Å². The maximum absolute atomic E-state index is 11.9. The van der Waals surface area contributed by atoms with Crippen LogP contribution in [0.3, 0.4) is 0 Å². The van der Waals surface area contributed by atoms with Gasteiger partial charge in [-0.25, -0.2) is 0 Å². The van der Waals surface area contributed by atoms with Gasteiger partial charge in [0.15, 0.2) is 0 Å². The van der Waals surface area contributed by atoms with E-state index < -0.39 is 0 Å². The molecule has 2 atom stereocenters. The Hall–Kier alpha value is -1.72. The van der Waals surface area contributed by atoms with Gasteiger partial charge in [-0.2, -0.15) is 0 Å². The first kappa shape index (κ1) is 13.7. The smallest absolute Gasteiger partial charge is 0.305 e. The summed E-state index contributed by atoms with van der Waals surface area (Å²) in [6.07, 6.45) is 0. The Morgan fingerprint density at radius 3 is 3.04 bits per heavy atom. The van der Waals surface area contributed by atoms with Gasteiger partial charge in [0.05, 0.1) is 11.6 Å². The molecule has 2 aliphatic heterocycles. The van der Waals surface area contributed by atoms with Gasteiger partial charge in [0.25, 0.3) is 0 Å². The highest BCUT2D eigenvalue weighted by Crippen LogP contribution is 2.57. The minimum absolute atomic E-state index is 0.0138. The Bertz CT molecular complexity index is 990. The first-order valence-corrected chi connectivity index (χ1v) is 9.46. The second-order valence-electron chi connectivity index (χ2n) is 6.57. The molecule has 5 heteroatoms. The average molecular weight is 341 g/mol. The maximum atomic E-state index is 11.9. The first-order valence-electron chi connectivity index (χ1n) is 7.66. The van der Waals surface area contributed by atoms with Crippen molar-refractivity contribution in [1.82, 2.24) is 4.98 Å². The van der Waals surface area contributed by atoms with Crippen molar-refractivity contribution >= 4 is 33.9 Å². The predicted octanol–water partition coefficient (Wildman–Crippen LogP) is 4.23. The molecule has 0 saturated carbocycles. The summed E-state index contributed by atoms with van der Waals surface area (Å²) in [7, 11) is 0. The van der Waals surface area contributed by atoms with E-state index in [1.54, 1.807) is 11.8 Å². The molecular weight excluding hydrogens is 326 g/mol. The van der Waals surface area contributed by atoms with E-state index in [4.69, 9.17) is 4.74 Å². The number of thioether (sulfide) groups is 1. The molecule has 0 bridgehead atoms. The number of nitrogens with one attached hydrogen (secondary N) is 1. The summed E-state index contributed by atoms with van der Waals surface area (Å²) < 4.78 is 6.13. The van der Waals surface area contributed by atoms with Crippen LogP contribution in [0.2, 0.25) is 0 Å². The van der Waals surface area contributed by atoms with Gasteiger partial charge in [0, 0.05) is 27.5 Å². The molecule has 5 rings (SSSR count). The zero-order valence-corrected chi connectivity index (χ0v) is 14.2. The third kappa shape index (κ3) is 1.86. The number of rotatable bonds is 0. The molecule has 3 nitrogen and oxygen atoms in total. The van der Waals surface area contributed by atoms with E-state index in [0.717, 1.165) is 16.5 Å². The Morgan fingerprint density at radius 1 is 1.26 bits per heavy atom. The average Bonchev–Trinajstić information content (AvgIpc) is 2.94. The monoisotopic (exact) mass is 341 g/mol. The summed E-state index contributed by atoms with van der Waals surface area (Å²) in [6, 6.07) is 12.6. The zero-order valence-electron chi connectivity index (χ0n) is 12.6. The number of hydrogen-bond donors (Lipinski definition) is 1. The van der Waals surface area contributed by atoms with Gasteiger partial charge in [0.1, 0.15) is 5.75 Å². The predicted molar refractivity (Wildman–Crippen MR) is 95.1 cm³/mol. The molecule has 0 fully saturated rings. The van der Waals surface area contributed by atoms with Gasteiger partial charge in [-0.15, -0.1) is 11.8 Å². The van der Waals surface area contributed by atoms with Gasteiger partial charge in [-0.3, -0.25) is 4.79 Å². The second kappa shape index (κ2) is 4.65. The number of hydrogen-bond acceptors (Lipinski definition) is 4. The Labute approximate surface area is 141 Å². The van der Waals surface area contributed by atoms with Crippen LogP contribution in [0.25, 0.3) is 10.8 Å². The highest BCUT2D eigenvalue weighted by atomic mass is 32.2. The zero-order chi connectivity index (χ0) is 15.6. The maximum Gasteiger partial charge on any atom is 0.305 e. The number of H-pyrrole nitrogens is 1. The molecule has 0 aliphatic carbocycles. The van der Waals surface area contributed by atoms with Crippen LogP contribution in [-0.2, 0) is 0 Å². The lowest BCUT2D eigenvalue weighted by atomic mass is 9.71. The SMILES string of the molecule is C[C@]12COc3ccc4ccccc4c3[C@@H]1c1sc(=O)[nH]c1SC2. The van der Waals surface area contributed by atoms with Crippen molar-refractivity contribution in [3.8, 4) is 5.75 Å². The molecule has 0 saturated heterocycles. The molecule has 2 aliphatic rings. The summed E-state index contributed by atoms with van der Waals surface area (Å²) in [5.74, 6) is 2.14. The molecule has 2 aromatic carbocycles. The molecule has 0 amide bonds. The third-order valence-electron chi connectivity index (χ3n) is 4.92. The van der Waals surface area contributed by atoms with Gasteiger partial charge < -0.3 is 9.72 Å². The largest absolute Gasteiger partial charge is 0.493 e. The van der Waals surface area contributed by atoms with Gasteiger partial charge in [-0.1, -0.05) is 48.6 Å². The van der Waals surface area contributed by atoms with Crippen LogP contribution < -0.4 is 9.61 Å². The topological polar surface area (TPSA) is 42.1 Å². The van der Waals surface area contributed by atoms with Crippen LogP contribution >= 0.6 is 23.1 Å². The minimum atomic E-state index is 0.0138. The van der Waals surface area contributed by atoms with Crippen LogP contribution in [0.4, 0.5) is 0 Å². The van der Waals surface area contributed by atoms with Crippen LogP contribution in [0.1, 0.15) is 23.3 Å². The van der Waals surface area contributed by atoms with Crippen LogP contribution in [0.15, 0.2) is 46.2 Å². The van der Waals surface area contributed by atoms with E-state index in [-0.39, 0.29) is 16.2 Å². The van der Waals surface area contributed by atoms with E-state index >= 15 is 0 Å². The number of fused-ring (bicyclic) bond motifs is 7. The standard InChI is InChI=1S/C18H15NO2S2/c1-18-8-21-12-7-6-10-4-2-3-5-11(10)13(12)14(18)15-16(22-9-18)19-17(20)23-15/h2-7,14H,8-9H2,1H3,(H,19,20)/t14-,18-/m1/s1. The molecule has 0 spiro atoms. The van der Waals surface area contributed by atoms with Crippen molar-refractivity contribution in [2.24, 2.45) is 5.41 Å². The molecule has 1 N–H and O–H groups in total. The Balaban J connectivity index is 1.87. The molecule has 3 heterocycles. The van der Waals surface area contributed by atoms with Crippen molar-refractivity contribution < 1.29 is 4.74 Å². The highest BCUT2D eigenvalue weighted by Gasteiger charge is 2.47. The Morgan fingerprint density at radius 2 is 2.13 bits per heavy atom. The van der Waals surface area contributed by atoms with Gasteiger partial charge in [-0.05, 0) is 16.8 Å². The molecule has 116 valence electrons. The van der Waals surface area contributed by atoms with Crippen molar-refractivity contribution in [3.05, 3.63) is 56.5 Å². The first-order chi connectivity index (χ1) is 11.2. The number of ether oxygens (including phenoxy) is 1. The lowest BCUT2D eigenvalue weighted by Gasteiger charge is -2.44. The number of benzene rings is 2. The summed E-state index contributed by atoms with van der Waals surface area (Å²) in [5, 5.41) is 3.50. The van der Waals surface area contributed by atoms with Crippen molar-refractivity contribution in [2.45, 2.75) is 17.9 Å². The number of aromatic amines is 1. The third-order valence-corrected chi connectivity index (χ3v) is 7.42. The molecule has 0 radical (unpaired) electrons. The molecule has 1 aromatic heterocycles. The van der Waals surface area contributed by atoms with E-state index in [0.29, 0.717) is 6.61 Å². The minimum Gasteiger partial charge on any atom is -0.493 e. The summed E-state index contributed by atoms with van der Waals surface area (Å²) >= 11 is 3.11. The molecule has 23 heavy (non-hydrogen) atoms. The van der Waals surface area contributed by atoms with Crippen molar-refractivity contribution in [2.75, 3.05) is 12.4 Å². The lowest BCUT2D eigenvalue weighted by Crippen LogP contribution is -2.40.